The monoisotopic (exact) mass is 391 g/mol. The maximum atomic E-state index is 12.3. The van der Waals surface area contributed by atoms with Crippen LogP contribution in [0.3, 0.4) is 0 Å². The summed E-state index contributed by atoms with van der Waals surface area (Å²) >= 11 is 11.8. The molecule has 0 saturated carbocycles. The lowest BCUT2D eigenvalue weighted by atomic mass is 10.1. The number of hydrogen-bond donors (Lipinski definition) is 1. The predicted molar refractivity (Wildman–Crippen MR) is 107 cm³/mol. The molecule has 2 aromatic rings. The van der Waals surface area contributed by atoms with Gasteiger partial charge in [-0.2, -0.15) is 0 Å². The van der Waals surface area contributed by atoms with E-state index < -0.39 is 0 Å². The molecule has 26 heavy (non-hydrogen) atoms. The van der Waals surface area contributed by atoms with Crippen molar-refractivity contribution >= 4 is 29.2 Å². The van der Waals surface area contributed by atoms with Crippen molar-refractivity contribution in [2.24, 2.45) is 0 Å². The van der Waals surface area contributed by atoms with Crippen molar-refractivity contribution in [3.05, 3.63) is 69.7 Å². The van der Waals surface area contributed by atoms with Gasteiger partial charge in [-0.05, 0) is 41.8 Å². The smallest absolute Gasteiger partial charge is 0.317 e. The molecule has 1 fully saturated rings. The zero-order chi connectivity index (χ0) is 18.4. The zero-order valence-electron chi connectivity index (χ0n) is 14.6. The van der Waals surface area contributed by atoms with E-state index >= 15 is 0 Å². The molecule has 3 rings (SSSR count). The lowest BCUT2D eigenvalue weighted by molar-refractivity contribution is 0.140. The molecule has 0 aromatic heterocycles. The summed E-state index contributed by atoms with van der Waals surface area (Å²) in [6, 6.07) is 15.5. The number of benzene rings is 2. The Morgan fingerprint density at radius 2 is 1.38 bits per heavy atom. The molecular formula is C20H23Cl2N3O. The Labute approximate surface area is 164 Å². The molecule has 0 spiro atoms. The van der Waals surface area contributed by atoms with Gasteiger partial charge in [-0.3, -0.25) is 4.90 Å². The van der Waals surface area contributed by atoms with Crippen LogP contribution >= 0.6 is 23.2 Å². The second kappa shape index (κ2) is 9.26. The zero-order valence-corrected chi connectivity index (χ0v) is 16.1. The first-order valence-electron chi connectivity index (χ1n) is 8.84. The third kappa shape index (κ3) is 5.63. The van der Waals surface area contributed by atoms with Crippen LogP contribution in [0, 0.1) is 0 Å². The van der Waals surface area contributed by atoms with Crippen LogP contribution in [-0.4, -0.2) is 48.6 Å². The maximum Gasteiger partial charge on any atom is 0.317 e. The van der Waals surface area contributed by atoms with Gasteiger partial charge in [0, 0.05) is 49.3 Å². The van der Waals surface area contributed by atoms with Crippen molar-refractivity contribution in [3.8, 4) is 0 Å². The van der Waals surface area contributed by atoms with Crippen LogP contribution in [0.2, 0.25) is 10.0 Å². The van der Waals surface area contributed by atoms with Gasteiger partial charge in [0.25, 0.3) is 0 Å². The lowest BCUT2D eigenvalue weighted by Crippen LogP contribution is -2.51. The number of carbonyl (C=O) groups is 1. The molecule has 2 amide bonds. The molecule has 138 valence electrons. The number of halogens is 2. The SMILES string of the molecule is O=C(NCc1ccc(Cl)cc1)N1CCN(CCc2ccc(Cl)cc2)CC1. The number of rotatable bonds is 5. The molecule has 0 atom stereocenters. The van der Waals surface area contributed by atoms with E-state index in [0.717, 1.165) is 49.7 Å². The molecule has 0 bridgehead atoms. The molecule has 1 heterocycles. The van der Waals surface area contributed by atoms with Gasteiger partial charge in [-0.25, -0.2) is 4.79 Å². The summed E-state index contributed by atoms with van der Waals surface area (Å²) in [7, 11) is 0. The fourth-order valence-electron chi connectivity index (χ4n) is 3.00. The highest BCUT2D eigenvalue weighted by atomic mass is 35.5. The molecule has 4 nitrogen and oxygen atoms in total. The number of piperazine rings is 1. The molecule has 2 aromatic carbocycles. The van der Waals surface area contributed by atoms with E-state index in [1.165, 1.54) is 5.56 Å². The van der Waals surface area contributed by atoms with Crippen molar-refractivity contribution in [2.45, 2.75) is 13.0 Å². The van der Waals surface area contributed by atoms with Gasteiger partial charge in [0.05, 0.1) is 0 Å². The summed E-state index contributed by atoms with van der Waals surface area (Å²) in [5.41, 5.74) is 2.34. The largest absolute Gasteiger partial charge is 0.334 e. The minimum absolute atomic E-state index is 0.00250. The van der Waals surface area contributed by atoms with Crippen LogP contribution in [-0.2, 0) is 13.0 Å². The molecule has 0 aliphatic carbocycles. The first-order valence-corrected chi connectivity index (χ1v) is 9.60. The van der Waals surface area contributed by atoms with Crippen LogP contribution in [0.1, 0.15) is 11.1 Å². The third-order valence-corrected chi connectivity index (χ3v) is 5.15. The Morgan fingerprint density at radius 3 is 1.96 bits per heavy atom. The highest BCUT2D eigenvalue weighted by Crippen LogP contribution is 2.12. The van der Waals surface area contributed by atoms with Crippen molar-refractivity contribution in [1.82, 2.24) is 15.1 Å². The predicted octanol–water partition coefficient (Wildman–Crippen LogP) is 4.06. The number of amides is 2. The number of nitrogens with zero attached hydrogens (tertiary/aromatic N) is 2. The first-order chi connectivity index (χ1) is 12.6. The minimum atomic E-state index is -0.00250. The maximum absolute atomic E-state index is 12.3. The fourth-order valence-corrected chi connectivity index (χ4v) is 3.26. The summed E-state index contributed by atoms with van der Waals surface area (Å²) in [5.74, 6) is 0. The minimum Gasteiger partial charge on any atom is -0.334 e. The summed E-state index contributed by atoms with van der Waals surface area (Å²) in [6.07, 6.45) is 1.000. The highest BCUT2D eigenvalue weighted by molar-refractivity contribution is 6.30. The van der Waals surface area contributed by atoms with Crippen LogP contribution < -0.4 is 5.32 Å². The Hall–Kier alpha value is -1.75. The van der Waals surface area contributed by atoms with Crippen LogP contribution in [0.4, 0.5) is 4.79 Å². The van der Waals surface area contributed by atoms with E-state index in [1.807, 2.05) is 41.3 Å². The number of carbonyl (C=O) groups excluding carboxylic acids is 1. The van der Waals surface area contributed by atoms with Crippen molar-refractivity contribution in [3.63, 3.8) is 0 Å². The lowest BCUT2D eigenvalue weighted by Gasteiger charge is -2.34. The van der Waals surface area contributed by atoms with E-state index in [2.05, 4.69) is 22.3 Å². The second-order valence-corrected chi connectivity index (χ2v) is 7.36. The average molecular weight is 392 g/mol. The summed E-state index contributed by atoms with van der Waals surface area (Å²) in [5, 5.41) is 4.45. The molecule has 1 aliphatic rings. The molecule has 1 N–H and O–H groups in total. The molecule has 6 heteroatoms. The van der Waals surface area contributed by atoms with E-state index in [4.69, 9.17) is 23.2 Å². The van der Waals surface area contributed by atoms with Gasteiger partial charge in [0.15, 0.2) is 0 Å². The molecular weight excluding hydrogens is 369 g/mol. The number of hydrogen-bond acceptors (Lipinski definition) is 2. The quantitative estimate of drug-likeness (QED) is 0.833. The van der Waals surface area contributed by atoms with Gasteiger partial charge in [-0.15, -0.1) is 0 Å². The number of urea groups is 1. The highest BCUT2D eigenvalue weighted by Gasteiger charge is 2.20. The summed E-state index contributed by atoms with van der Waals surface area (Å²) in [4.78, 5) is 16.6. The second-order valence-electron chi connectivity index (χ2n) is 6.49. The third-order valence-electron chi connectivity index (χ3n) is 4.65. The average Bonchev–Trinajstić information content (AvgIpc) is 2.67. The molecule has 0 unspecified atom stereocenters. The van der Waals surface area contributed by atoms with Crippen molar-refractivity contribution in [1.29, 1.82) is 0 Å². The normalized spacial score (nSPS) is 15.1. The van der Waals surface area contributed by atoms with E-state index in [-0.39, 0.29) is 6.03 Å². The first kappa shape index (κ1) is 19.0. The fraction of sp³-hybridized carbons (Fsp3) is 0.350. The van der Waals surface area contributed by atoms with Gasteiger partial charge in [0.2, 0.25) is 0 Å². The number of nitrogens with one attached hydrogen (secondary N) is 1. The standard InChI is InChI=1S/C20H23Cl2N3O/c21-18-5-1-16(2-6-18)9-10-24-11-13-25(14-12-24)20(26)23-15-17-3-7-19(22)8-4-17/h1-8H,9-15H2,(H,23,26). The van der Waals surface area contributed by atoms with Gasteiger partial charge < -0.3 is 10.2 Å². The Kier molecular flexibility index (Phi) is 6.78. The molecule has 1 aliphatic heterocycles. The van der Waals surface area contributed by atoms with E-state index in [9.17, 15) is 4.79 Å². The topological polar surface area (TPSA) is 35.6 Å². The van der Waals surface area contributed by atoms with Gasteiger partial charge >= 0.3 is 6.03 Å². The van der Waals surface area contributed by atoms with Crippen molar-refractivity contribution < 1.29 is 4.79 Å². The Morgan fingerprint density at radius 1 is 0.846 bits per heavy atom. The van der Waals surface area contributed by atoms with Crippen molar-refractivity contribution in [2.75, 3.05) is 32.7 Å². The molecule has 0 radical (unpaired) electrons. The summed E-state index contributed by atoms with van der Waals surface area (Å²) < 4.78 is 0. The summed E-state index contributed by atoms with van der Waals surface area (Å²) in [6.45, 7) is 4.85. The van der Waals surface area contributed by atoms with Crippen LogP contribution in [0.5, 0.6) is 0 Å². The Balaban J connectivity index is 1.38. The van der Waals surface area contributed by atoms with E-state index in [0.29, 0.717) is 11.6 Å². The van der Waals surface area contributed by atoms with E-state index in [1.54, 1.807) is 0 Å². The Bertz CT molecular complexity index is 711. The van der Waals surface area contributed by atoms with Gasteiger partial charge in [-0.1, -0.05) is 47.5 Å². The van der Waals surface area contributed by atoms with Gasteiger partial charge in [0.1, 0.15) is 0 Å². The van der Waals surface area contributed by atoms with Crippen LogP contribution in [0.15, 0.2) is 48.5 Å². The van der Waals surface area contributed by atoms with Crippen LogP contribution in [0.25, 0.3) is 0 Å². The molecule has 1 saturated heterocycles.